The smallest absolute Gasteiger partial charge is 0.119 e. The number of aromatic hydroxyl groups is 1. The lowest BCUT2D eigenvalue weighted by Gasteiger charge is -1.97. The van der Waals surface area contributed by atoms with Crippen molar-refractivity contribution < 1.29 is 5.11 Å². The average Bonchev–Trinajstić information content (AvgIpc) is 2.34. The van der Waals surface area contributed by atoms with Gasteiger partial charge in [0.05, 0.1) is 0 Å². The molecule has 0 saturated carbocycles. The van der Waals surface area contributed by atoms with Gasteiger partial charge in [0.2, 0.25) is 0 Å². The number of rotatable bonds is 0. The van der Waals surface area contributed by atoms with Crippen molar-refractivity contribution in [2.45, 2.75) is 13.8 Å². The van der Waals surface area contributed by atoms with Crippen LogP contribution in [-0.4, -0.2) is 5.11 Å². The van der Waals surface area contributed by atoms with Crippen LogP contribution in [-0.2, 0) is 0 Å². The number of hydrogen-bond acceptors (Lipinski definition) is 1. The summed E-state index contributed by atoms with van der Waals surface area (Å²) in [5.41, 5.74) is 1.68. The number of phenolic OH excluding ortho intramolecular Hbond substituents is 1. The first kappa shape index (κ1) is 15.2. The zero-order chi connectivity index (χ0) is 13.7. The van der Waals surface area contributed by atoms with Crippen LogP contribution in [0.2, 0.25) is 15.1 Å². The molecule has 18 heavy (non-hydrogen) atoms. The van der Waals surface area contributed by atoms with Crippen LogP contribution in [0.25, 0.3) is 0 Å². The Balaban J connectivity index is 0.000000180. The SMILES string of the molecule is Cc1c(Cl)cccc1Cl.Cc1c(O)cccc1Cl. The lowest BCUT2D eigenvalue weighted by molar-refractivity contribution is 0.471. The van der Waals surface area contributed by atoms with E-state index in [0.29, 0.717) is 5.02 Å². The first-order valence-corrected chi connectivity index (χ1v) is 6.41. The average molecular weight is 304 g/mol. The van der Waals surface area contributed by atoms with Gasteiger partial charge in [0.15, 0.2) is 0 Å². The molecular formula is C14H13Cl3O. The van der Waals surface area contributed by atoms with Crippen LogP contribution in [0.4, 0.5) is 0 Å². The predicted molar refractivity (Wildman–Crippen MR) is 79.1 cm³/mol. The highest BCUT2D eigenvalue weighted by Crippen LogP contribution is 2.23. The minimum atomic E-state index is 0.252. The van der Waals surface area contributed by atoms with Gasteiger partial charge in [-0.3, -0.25) is 0 Å². The van der Waals surface area contributed by atoms with Crippen LogP contribution in [0.3, 0.4) is 0 Å². The highest BCUT2D eigenvalue weighted by Gasteiger charge is 1.97. The maximum absolute atomic E-state index is 9.02. The van der Waals surface area contributed by atoms with E-state index in [1.807, 2.05) is 25.1 Å². The zero-order valence-electron chi connectivity index (χ0n) is 10.0. The molecule has 2 aromatic carbocycles. The molecule has 1 nitrogen and oxygen atoms in total. The van der Waals surface area contributed by atoms with E-state index in [1.165, 1.54) is 0 Å². The summed E-state index contributed by atoms with van der Waals surface area (Å²) >= 11 is 17.1. The van der Waals surface area contributed by atoms with Crippen molar-refractivity contribution >= 4 is 34.8 Å². The molecule has 0 bridgehead atoms. The Morgan fingerprint density at radius 2 is 1.11 bits per heavy atom. The molecule has 2 aromatic rings. The molecule has 0 amide bonds. The Labute approximate surface area is 122 Å². The molecule has 0 heterocycles. The summed E-state index contributed by atoms with van der Waals surface area (Å²) in [5.74, 6) is 0.252. The standard InChI is InChI=1S/C7H6Cl2.C7H7ClO/c2*1-5-6(8)3-2-4-7(5)9/h2-4H,1H3;2-4,9H,1H3. The Morgan fingerprint density at radius 3 is 1.44 bits per heavy atom. The summed E-state index contributed by atoms with van der Waals surface area (Å²) in [6.07, 6.45) is 0. The molecule has 4 heteroatoms. The van der Waals surface area contributed by atoms with Crippen LogP contribution < -0.4 is 0 Å². The van der Waals surface area contributed by atoms with E-state index in [-0.39, 0.29) is 5.75 Å². The Kier molecular flexibility index (Phi) is 5.80. The summed E-state index contributed by atoms with van der Waals surface area (Å²) in [6, 6.07) is 10.5. The van der Waals surface area contributed by atoms with E-state index in [2.05, 4.69) is 0 Å². The van der Waals surface area contributed by atoms with Crippen molar-refractivity contribution in [3.63, 3.8) is 0 Å². The second-order valence-corrected chi connectivity index (χ2v) is 4.95. The lowest BCUT2D eigenvalue weighted by Crippen LogP contribution is -1.73. The molecular weight excluding hydrogens is 291 g/mol. The van der Waals surface area contributed by atoms with Gasteiger partial charge in [0.1, 0.15) is 5.75 Å². The van der Waals surface area contributed by atoms with Crippen molar-refractivity contribution in [3.05, 3.63) is 62.6 Å². The van der Waals surface area contributed by atoms with Gasteiger partial charge in [0.25, 0.3) is 0 Å². The van der Waals surface area contributed by atoms with Crippen LogP contribution >= 0.6 is 34.8 Å². The van der Waals surface area contributed by atoms with E-state index in [9.17, 15) is 0 Å². The van der Waals surface area contributed by atoms with Crippen molar-refractivity contribution in [1.82, 2.24) is 0 Å². The third-order valence-electron chi connectivity index (χ3n) is 2.44. The molecule has 0 unspecified atom stereocenters. The quantitative estimate of drug-likeness (QED) is 0.666. The van der Waals surface area contributed by atoms with Gasteiger partial charge in [0, 0.05) is 20.6 Å². The summed E-state index contributed by atoms with van der Waals surface area (Å²) in [5, 5.41) is 11.1. The monoisotopic (exact) mass is 302 g/mol. The maximum atomic E-state index is 9.02. The number of phenols is 1. The topological polar surface area (TPSA) is 20.2 Å². The van der Waals surface area contributed by atoms with Crippen LogP contribution in [0.15, 0.2) is 36.4 Å². The van der Waals surface area contributed by atoms with Crippen LogP contribution in [0, 0.1) is 13.8 Å². The zero-order valence-corrected chi connectivity index (χ0v) is 12.3. The molecule has 2 rings (SSSR count). The Morgan fingerprint density at radius 1 is 0.722 bits per heavy atom. The molecule has 1 N–H and O–H groups in total. The molecule has 0 aromatic heterocycles. The largest absolute Gasteiger partial charge is 0.508 e. The third kappa shape index (κ3) is 4.09. The van der Waals surface area contributed by atoms with Crippen LogP contribution in [0.1, 0.15) is 11.1 Å². The Bertz CT molecular complexity index is 449. The van der Waals surface area contributed by atoms with Crippen molar-refractivity contribution in [2.75, 3.05) is 0 Å². The van der Waals surface area contributed by atoms with E-state index in [1.54, 1.807) is 25.1 Å². The first-order chi connectivity index (χ1) is 8.43. The molecule has 0 atom stereocenters. The van der Waals surface area contributed by atoms with Crippen LogP contribution in [0.5, 0.6) is 5.75 Å². The second kappa shape index (κ2) is 6.89. The fraction of sp³-hybridized carbons (Fsp3) is 0.143. The highest BCUT2D eigenvalue weighted by molar-refractivity contribution is 6.35. The van der Waals surface area contributed by atoms with Gasteiger partial charge < -0.3 is 5.11 Å². The summed E-state index contributed by atoms with van der Waals surface area (Å²) in [6.45, 7) is 3.67. The molecule has 0 saturated heterocycles. The number of halogens is 3. The van der Waals surface area contributed by atoms with Gasteiger partial charge >= 0.3 is 0 Å². The van der Waals surface area contributed by atoms with Gasteiger partial charge in [-0.05, 0) is 43.7 Å². The molecule has 0 spiro atoms. The van der Waals surface area contributed by atoms with Crippen molar-refractivity contribution in [3.8, 4) is 5.75 Å². The predicted octanol–water partition coefficient (Wildman–Crippen LogP) is 5.66. The molecule has 96 valence electrons. The molecule has 0 aliphatic rings. The summed E-state index contributed by atoms with van der Waals surface area (Å²) < 4.78 is 0. The van der Waals surface area contributed by atoms with Gasteiger partial charge in [-0.2, -0.15) is 0 Å². The van der Waals surface area contributed by atoms with Gasteiger partial charge in [-0.15, -0.1) is 0 Å². The molecule has 0 radical (unpaired) electrons. The fourth-order valence-corrected chi connectivity index (χ4v) is 1.74. The summed E-state index contributed by atoms with van der Waals surface area (Å²) in [4.78, 5) is 0. The minimum absolute atomic E-state index is 0.252. The summed E-state index contributed by atoms with van der Waals surface area (Å²) in [7, 11) is 0. The highest BCUT2D eigenvalue weighted by atomic mass is 35.5. The molecule has 0 aliphatic carbocycles. The molecule has 0 aliphatic heterocycles. The Hall–Kier alpha value is -0.890. The van der Waals surface area contributed by atoms with Gasteiger partial charge in [-0.1, -0.05) is 46.9 Å². The molecule has 0 fully saturated rings. The first-order valence-electron chi connectivity index (χ1n) is 5.28. The van der Waals surface area contributed by atoms with Gasteiger partial charge in [-0.25, -0.2) is 0 Å². The normalized spacial score (nSPS) is 9.61. The van der Waals surface area contributed by atoms with E-state index < -0.39 is 0 Å². The maximum Gasteiger partial charge on any atom is 0.119 e. The second-order valence-electron chi connectivity index (χ2n) is 3.73. The van der Waals surface area contributed by atoms with E-state index >= 15 is 0 Å². The van der Waals surface area contributed by atoms with Crippen molar-refractivity contribution in [2.24, 2.45) is 0 Å². The van der Waals surface area contributed by atoms with E-state index in [0.717, 1.165) is 21.2 Å². The third-order valence-corrected chi connectivity index (χ3v) is 3.67. The minimum Gasteiger partial charge on any atom is -0.508 e. The van der Waals surface area contributed by atoms with Crippen molar-refractivity contribution in [1.29, 1.82) is 0 Å². The fourth-order valence-electron chi connectivity index (χ4n) is 1.18. The number of hydrogen-bond donors (Lipinski definition) is 1. The number of benzene rings is 2. The lowest BCUT2D eigenvalue weighted by atomic mass is 10.2. The van der Waals surface area contributed by atoms with E-state index in [4.69, 9.17) is 39.9 Å².